The minimum Gasteiger partial charge on any atom is -0.481 e. The van der Waals surface area contributed by atoms with Gasteiger partial charge >= 0.3 is 0 Å². The largest absolute Gasteiger partial charge is 0.481 e. The lowest BCUT2D eigenvalue weighted by atomic mass is 10.2. The molecule has 0 aliphatic heterocycles. The molecule has 0 saturated heterocycles. The van der Waals surface area contributed by atoms with Crippen LogP contribution in [0.3, 0.4) is 0 Å². The van der Waals surface area contributed by atoms with Crippen LogP contribution in [-0.2, 0) is 4.79 Å². The maximum atomic E-state index is 12.0. The number of hydrogen-bond donors (Lipinski definition) is 1. The Morgan fingerprint density at radius 3 is 2.78 bits per heavy atom. The molecule has 23 heavy (non-hydrogen) atoms. The predicted molar refractivity (Wildman–Crippen MR) is 90.6 cm³/mol. The molecule has 1 aliphatic carbocycles. The Balaban J connectivity index is 1.67. The molecule has 3 rings (SSSR count). The van der Waals surface area contributed by atoms with E-state index >= 15 is 0 Å². The summed E-state index contributed by atoms with van der Waals surface area (Å²) < 4.78 is 7.36. The van der Waals surface area contributed by atoms with Crippen molar-refractivity contribution in [3.8, 4) is 5.88 Å². The third-order valence-electron chi connectivity index (χ3n) is 4.06. The number of pyridine rings is 1. The van der Waals surface area contributed by atoms with E-state index in [0.717, 1.165) is 5.56 Å². The number of ether oxygens (including phenoxy) is 1. The Bertz CT molecular complexity index is 740. The van der Waals surface area contributed by atoms with Crippen molar-refractivity contribution in [1.82, 2.24) is 9.55 Å². The lowest BCUT2D eigenvalue weighted by Crippen LogP contribution is -2.08. The number of nitrogens with zero attached hydrogens (tertiary/aromatic N) is 2. The third-order valence-corrected chi connectivity index (χ3v) is 4.06. The molecule has 1 N–H and O–H groups in total. The van der Waals surface area contributed by atoms with Crippen LogP contribution in [0.5, 0.6) is 5.88 Å². The van der Waals surface area contributed by atoms with E-state index in [1.54, 1.807) is 31.5 Å². The van der Waals surface area contributed by atoms with Gasteiger partial charge in [-0.05, 0) is 50.5 Å². The van der Waals surface area contributed by atoms with Gasteiger partial charge in [0.25, 0.3) is 0 Å². The summed E-state index contributed by atoms with van der Waals surface area (Å²) in [6.45, 7) is 4.22. The van der Waals surface area contributed by atoms with Crippen LogP contribution in [0.15, 0.2) is 30.5 Å². The second-order valence-electron chi connectivity index (χ2n) is 5.84. The summed E-state index contributed by atoms with van der Waals surface area (Å²) in [5.74, 6) is 0.347. The number of methoxy groups -OCH3 is 1. The molecule has 0 spiro atoms. The first-order valence-corrected chi connectivity index (χ1v) is 7.76. The molecule has 0 bridgehead atoms. The van der Waals surface area contributed by atoms with Gasteiger partial charge in [0.2, 0.25) is 11.8 Å². The molecule has 0 atom stereocenters. The molecular weight excluding hydrogens is 290 g/mol. The van der Waals surface area contributed by atoms with Gasteiger partial charge in [0, 0.05) is 29.6 Å². The fourth-order valence-corrected chi connectivity index (χ4v) is 2.79. The van der Waals surface area contributed by atoms with E-state index in [1.165, 1.54) is 24.2 Å². The number of nitrogens with one attached hydrogen (secondary N) is 1. The van der Waals surface area contributed by atoms with Crippen LogP contribution in [0.4, 0.5) is 5.69 Å². The van der Waals surface area contributed by atoms with E-state index in [-0.39, 0.29) is 5.91 Å². The average Bonchev–Trinajstić information content (AvgIpc) is 3.32. The summed E-state index contributed by atoms with van der Waals surface area (Å²) >= 11 is 0. The number of anilines is 1. The van der Waals surface area contributed by atoms with E-state index in [0.29, 0.717) is 17.6 Å². The Kier molecular flexibility index (Phi) is 4.19. The SMILES string of the molecule is COc1ccc(NC(=O)C=Cc2cc(C)n(C3CC3)c2C)cn1. The van der Waals surface area contributed by atoms with Crippen molar-refractivity contribution in [3.05, 3.63) is 47.4 Å². The first-order chi connectivity index (χ1) is 11.1. The van der Waals surface area contributed by atoms with Gasteiger partial charge in [-0.15, -0.1) is 0 Å². The molecule has 5 nitrogen and oxygen atoms in total. The molecular formula is C18H21N3O2. The smallest absolute Gasteiger partial charge is 0.248 e. The molecule has 1 aliphatic rings. The number of aromatic nitrogens is 2. The first kappa shape index (κ1) is 15.3. The zero-order valence-corrected chi connectivity index (χ0v) is 13.7. The van der Waals surface area contributed by atoms with Crippen molar-refractivity contribution in [2.45, 2.75) is 32.7 Å². The highest BCUT2D eigenvalue weighted by Crippen LogP contribution is 2.38. The van der Waals surface area contributed by atoms with Gasteiger partial charge in [0.1, 0.15) is 0 Å². The van der Waals surface area contributed by atoms with Gasteiger partial charge in [-0.25, -0.2) is 4.98 Å². The van der Waals surface area contributed by atoms with Gasteiger partial charge in [-0.1, -0.05) is 0 Å². The summed E-state index contributed by atoms with van der Waals surface area (Å²) in [6.07, 6.45) is 7.51. The van der Waals surface area contributed by atoms with Crippen molar-refractivity contribution in [3.63, 3.8) is 0 Å². The van der Waals surface area contributed by atoms with Crippen LogP contribution in [0.25, 0.3) is 6.08 Å². The fourth-order valence-electron chi connectivity index (χ4n) is 2.79. The molecule has 0 radical (unpaired) electrons. The maximum Gasteiger partial charge on any atom is 0.248 e. The Morgan fingerprint density at radius 1 is 1.39 bits per heavy atom. The Labute approximate surface area is 136 Å². The number of aryl methyl sites for hydroxylation is 1. The number of carbonyl (C=O) groups is 1. The van der Waals surface area contributed by atoms with Crippen LogP contribution >= 0.6 is 0 Å². The van der Waals surface area contributed by atoms with E-state index < -0.39 is 0 Å². The number of amides is 1. The summed E-state index contributed by atoms with van der Waals surface area (Å²) in [6, 6.07) is 6.25. The molecule has 1 saturated carbocycles. The third kappa shape index (κ3) is 3.44. The average molecular weight is 311 g/mol. The lowest BCUT2D eigenvalue weighted by molar-refractivity contribution is -0.111. The predicted octanol–water partition coefficient (Wildman–Crippen LogP) is 3.50. The zero-order chi connectivity index (χ0) is 16.4. The number of rotatable bonds is 5. The van der Waals surface area contributed by atoms with Gasteiger partial charge < -0.3 is 14.6 Å². The van der Waals surface area contributed by atoms with Crippen LogP contribution in [0, 0.1) is 13.8 Å². The van der Waals surface area contributed by atoms with E-state index in [4.69, 9.17) is 4.74 Å². The van der Waals surface area contributed by atoms with Gasteiger partial charge in [-0.2, -0.15) is 0 Å². The molecule has 5 heteroatoms. The fraction of sp³-hybridized carbons (Fsp3) is 0.333. The molecule has 2 aromatic heterocycles. The summed E-state index contributed by atoms with van der Waals surface area (Å²) in [4.78, 5) is 16.1. The molecule has 2 aromatic rings. The molecule has 0 unspecified atom stereocenters. The standard InChI is InChI=1S/C18H21N3O2/c1-12-10-14(13(2)21(12)16-6-7-16)4-8-17(22)20-15-5-9-18(23-3)19-11-15/h4-5,8-11,16H,6-7H2,1-3H3,(H,20,22). The quantitative estimate of drug-likeness (QED) is 0.860. The highest BCUT2D eigenvalue weighted by Gasteiger charge is 2.26. The van der Waals surface area contributed by atoms with Crippen LogP contribution in [0.2, 0.25) is 0 Å². The maximum absolute atomic E-state index is 12.0. The van der Waals surface area contributed by atoms with Gasteiger partial charge in [0.15, 0.2) is 0 Å². The van der Waals surface area contributed by atoms with E-state index in [2.05, 4.69) is 34.8 Å². The highest BCUT2D eigenvalue weighted by molar-refractivity contribution is 6.01. The second kappa shape index (κ2) is 6.28. The van der Waals surface area contributed by atoms with Gasteiger partial charge in [-0.3, -0.25) is 4.79 Å². The van der Waals surface area contributed by atoms with Crippen molar-refractivity contribution in [2.75, 3.05) is 12.4 Å². The molecule has 0 aromatic carbocycles. The summed E-state index contributed by atoms with van der Waals surface area (Å²) in [7, 11) is 1.56. The Hall–Kier alpha value is -2.56. The number of carbonyl (C=O) groups excluding carboxylic acids is 1. The minimum atomic E-state index is -0.173. The van der Waals surface area contributed by atoms with E-state index in [9.17, 15) is 4.79 Å². The molecule has 1 amide bonds. The lowest BCUT2D eigenvalue weighted by Gasteiger charge is -2.06. The first-order valence-electron chi connectivity index (χ1n) is 7.76. The van der Waals surface area contributed by atoms with Crippen LogP contribution < -0.4 is 10.1 Å². The monoisotopic (exact) mass is 311 g/mol. The normalized spacial score (nSPS) is 14.2. The van der Waals surface area contributed by atoms with Crippen LogP contribution in [0.1, 0.15) is 35.8 Å². The molecule has 2 heterocycles. The van der Waals surface area contributed by atoms with Crippen LogP contribution in [-0.4, -0.2) is 22.6 Å². The molecule has 120 valence electrons. The summed E-state index contributed by atoms with van der Waals surface area (Å²) in [5, 5.41) is 2.79. The van der Waals surface area contributed by atoms with Crippen molar-refractivity contribution in [2.24, 2.45) is 0 Å². The second-order valence-corrected chi connectivity index (χ2v) is 5.84. The molecule has 1 fully saturated rings. The topological polar surface area (TPSA) is 56.1 Å². The number of hydrogen-bond acceptors (Lipinski definition) is 3. The highest BCUT2D eigenvalue weighted by atomic mass is 16.5. The summed E-state index contributed by atoms with van der Waals surface area (Å²) in [5.41, 5.74) is 4.21. The Morgan fingerprint density at radius 2 is 2.17 bits per heavy atom. The van der Waals surface area contributed by atoms with Crippen molar-refractivity contribution in [1.29, 1.82) is 0 Å². The minimum absolute atomic E-state index is 0.173. The van der Waals surface area contributed by atoms with Crippen molar-refractivity contribution < 1.29 is 9.53 Å². The van der Waals surface area contributed by atoms with E-state index in [1.807, 2.05) is 6.08 Å². The van der Waals surface area contributed by atoms with Gasteiger partial charge in [0.05, 0.1) is 19.0 Å². The zero-order valence-electron chi connectivity index (χ0n) is 13.7. The van der Waals surface area contributed by atoms with Crippen molar-refractivity contribution >= 4 is 17.7 Å².